The summed E-state index contributed by atoms with van der Waals surface area (Å²) < 4.78 is 2.26. The summed E-state index contributed by atoms with van der Waals surface area (Å²) in [5.74, 6) is 0.657. The van der Waals surface area contributed by atoms with Crippen LogP contribution in [0.4, 0.5) is 0 Å². The van der Waals surface area contributed by atoms with Crippen LogP contribution in [0.3, 0.4) is 0 Å². The Morgan fingerprint density at radius 2 is 2.12 bits per heavy atom. The molecule has 4 heterocycles. The van der Waals surface area contributed by atoms with Crippen molar-refractivity contribution in [2.45, 2.75) is 32.2 Å². The van der Waals surface area contributed by atoms with Gasteiger partial charge in [0.15, 0.2) is 4.96 Å². The Labute approximate surface area is 150 Å². The Morgan fingerprint density at radius 3 is 2.84 bits per heavy atom. The monoisotopic (exact) mass is 358 g/mol. The minimum Gasteiger partial charge on any atom is -0.483 e. The molecule has 1 fully saturated rings. The number of rotatable bonds is 3. The number of thiazole rings is 1. The van der Waals surface area contributed by atoms with Crippen molar-refractivity contribution in [3.8, 4) is 0 Å². The van der Waals surface area contributed by atoms with Gasteiger partial charge in [0.25, 0.3) is 6.47 Å². The maximum absolute atomic E-state index is 8.36. The van der Waals surface area contributed by atoms with Crippen LogP contribution in [-0.4, -0.2) is 43.9 Å². The first-order valence-electron chi connectivity index (χ1n) is 8.34. The van der Waals surface area contributed by atoms with Crippen LogP contribution in [0, 0.1) is 6.92 Å². The number of carbonyl (C=O) groups is 1. The molecule has 7 heteroatoms. The largest absolute Gasteiger partial charge is 0.483 e. The van der Waals surface area contributed by atoms with Crippen molar-refractivity contribution in [2.75, 3.05) is 13.1 Å². The number of pyridine rings is 1. The minimum atomic E-state index is -0.250. The number of carboxylic acid groups (broad SMARTS) is 1. The van der Waals surface area contributed by atoms with Crippen molar-refractivity contribution in [2.24, 2.45) is 0 Å². The number of aryl methyl sites for hydroxylation is 1. The molecule has 0 spiro atoms. The Balaban J connectivity index is 0.000000569. The van der Waals surface area contributed by atoms with E-state index < -0.39 is 0 Å². The molecule has 0 unspecified atom stereocenters. The molecule has 0 saturated carbocycles. The first-order valence-corrected chi connectivity index (χ1v) is 9.22. The molecule has 0 radical (unpaired) electrons. The number of aromatic nitrogens is 3. The standard InChI is InChI=1S/C17H20N4S.CH2O2/c1-13-3-2-4-15(19-13)11-20-8-5-14(6-9-20)16-12-22-17-18-7-10-21(16)17;2-1-3/h2-4,7,10,12,14H,5-6,8-9,11H2,1H3;1H,(H,2,3). The zero-order valence-electron chi connectivity index (χ0n) is 14.2. The smallest absolute Gasteiger partial charge is 0.290 e. The second-order valence-corrected chi connectivity index (χ2v) is 7.00. The molecule has 6 nitrogen and oxygen atoms in total. The van der Waals surface area contributed by atoms with E-state index in [1.807, 2.05) is 6.20 Å². The molecular formula is C18H22N4O2S. The van der Waals surface area contributed by atoms with E-state index in [-0.39, 0.29) is 6.47 Å². The van der Waals surface area contributed by atoms with Gasteiger partial charge >= 0.3 is 0 Å². The molecule has 3 aromatic rings. The first kappa shape index (κ1) is 17.6. The molecule has 1 saturated heterocycles. The summed E-state index contributed by atoms with van der Waals surface area (Å²) >= 11 is 1.75. The Hall–Kier alpha value is -2.25. The van der Waals surface area contributed by atoms with Crippen LogP contribution in [0.25, 0.3) is 4.96 Å². The Morgan fingerprint density at radius 1 is 1.36 bits per heavy atom. The van der Waals surface area contributed by atoms with E-state index in [0.29, 0.717) is 5.92 Å². The molecular weight excluding hydrogens is 336 g/mol. The van der Waals surface area contributed by atoms with Gasteiger partial charge in [-0.05, 0) is 45.0 Å². The Kier molecular flexibility index (Phi) is 5.78. The van der Waals surface area contributed by atoms with Crippen LogP contribution >= 0.6 is 11.3 Å². The second-order valence-electron chi connectivity index (χ2n) is 6.17. The lowest BCUT2D eigenvalue weighted by Gasteiger charge is -2.31. The van der Waals surface area contributed by atoms with Crippen molar-refractivity contribution in [3.63, 3.8) is 0 Å². The lowest BCUT2D eigenvalue weighted by atomic mass is 9.94. The van der Waals surface area contributed by atoms with E-state index in [9.17, 15) is 0 Å². The first-order chi connectivity index (χ1) is 12.2. The minimum absolute atomic E-state index is 0.250. The van der Waals surface area contributed by atoms with Crippen molar-refractivity contribution in [1.82, 2.24) is 19.3 Å². The van der Waals surface area contributed by atoms with Crippen LogP contribution in [0.5, 0.6) is 0 Å². The third kappa shape index (κ3) is 4.24. The molecule has 132 valence electrons. The van der Waals surface area contributed by atoms with E-state index in [1.54, 1.807) is 11.3 Å². The van der Waals surface area contributed by atoms with Crippen molar-refractivity contribution in [3.05, 3.63) is 53.1 Å². The average molecular weight is 358 g/mol. The molecule has 1 aliphatic rings. The maximum Gasteiger partial charge on any atom is 0.290 e. The van der Waals surface area contributed by atoms with Crippen LogP contribution < -0.4 is 0 Å². The van der Waals surface area contributed by atoms with Gasteiger partial charge in [-0.15, -0.1) is 11.3 Å². The highest BCUT2D eigenvalue weighted by Crippen LogP contribution is 2.31. The normalized spacial score (nSPS) is 15.7. The van der Waals surface area contributed by atoms with Crippen LogP contribution in [0.15, 0.2) is 36.0 Å². The molecule has 4 rings (SSSR count). The summed E-state index contributed by atoms with van der Waals surface area (Å²) in [6.45, 7) is 5.07. The maximum atomic E-state index is 8.36. The van der Waals surface area contributed by atoms with E-state index in [2.05, 4.69) is 56.0 Å². The van der Waals surface area contributed by atoms with Crippen LogP contribution in [0.1, 0.15) is 35.8 Å². The van der Waals surface area contributed by atoms with E-state index in [4.69, 9.17) is 9.90 Å². The van der Waals surface area contributed by atoms with E-state index in [0.717, 1.165) is 30.3 Å². The van der Waals surface area contributed by atoms with Gasteiger partial charge in [-0.1, -0.05) is 6.07 Å². The fourth-order valence-corrected chi connectivity index (χ4v) is 4.27. The molecule has 0 amide bonds. The summed E-state index contributed by atoms with van der Waals surface area (Å²) in [5.41, 5.74) is 3.73. The zero-order chi connectivity index (χ0) is 17.6. The van der Waals surface area contributed by atoms with Crippen LogP contribution in [0.2, 0.25) is 0 Å². The van der Waals surface area contributed by atoms with Crippen molar-refractivity contribution < 1.29 is 9.90 Å². The molecule has 0 aliphatic carbocycles. The highest BCUT2D eigenvalue weighted by atomic mass is 32.1. The van der Waals surface area contributed by atoms with Gasteiger partial charge in [0.05, 0.1) is 5.69 Å². The molecule has 1 aliphatic heterocycles. The van der Waals surface area contributed by atoms with Gasteiger partial charge in [-0.25, -0.2) is 4.98 Å². The summed E-state index contributed by atoms with van der Waals surface area (Å²) in [5, 5.41) is 9.17. The van der Waals surface area contributed by atoms with Crippen molar-refractivity contribution in [1.29, 1.82) is 0 Å². The summed E-state index contributed by atoms with van der Waals surface area (Å²) in [6, 6.07) is 6.29. The van der Waals surface area contributed by atoms with Gasteiger partial charge in [0.1, 0.15) is 0 Å². The quantitative estimate of drug-likeness (QED) is 0.728. The van der Waals surface area contributed by atoms with Gasteiger partial charge in [0, 0.05) is 41.6 Å². The molecule has 0 aromatic carbocycles. The SMILES string of the molecule is Cc1cccc(CN2CCC(c3csc4nccn34)CC2)n1.O=CO. The number of likely N-dealkylation sites (tertiary alicyclic amines) is 1. The lowest BCUT2D eigenvalue weighted by molar-refractivity contribution is -0.122. The van der Waals surface area contributed by atoms with Crippen LogP contribution in [-0.2, 0) is 11.3 Å². The highest BCUT2D eigenvalue weighted by molar-refractivity contribution is 7.15. The topological polar surface area (TPSA) is 70.7 Å². The summed E-state index contributed by atoms with van der Waals surface area (Å²) in [4.78, 5) is 21.0. The molecule has 0 bridgehead atoms. The second kappa shape index (κ2) is 8.22. The number of piperidine rings is 1. The van der Waals surface area contributed by atoms with E-state index >= 15 is 0 Å². The molecule has 25 heavy (non-hydrogen) atoms. The molecule has 3 aromatic heterocycles. The summed E-state index contributed by atoms with van der Waals surface area (Å²) in [7, 11) is 0. The zero-order valence-corrected chi connectivity index (χ0v) is 15.0. The predicted molar refractivity (Wildman–Crippen MR) is 98.0 cm³/mol. The predicted octanol–water partition coefficient (Wildman–Crippen LogP) is 3.18. The number of hydrogen-bond donors (Lipinski definition) is 1. The van der Waals surface area contributed by atoms with E-state index in [1.165, 1.54) is 24.2 Å². The number of hydrogen-bond acceptors (Lipinski definition) is 5. The number of fused-ring (bicyclic) bond motifs is 1. The van der Waals surface area contributed by atoms with Gasteiger partial charge in [-0.2, -0.15) is 0 Å². The van der Waals surface area contributed by atoms with Gasteiger partial charge < -0.3 is 5.11 Å². The van der Waals surface area contributed by atoms with Crippen molar-refractivity contribution >= 4 is 22.8 Å². The number of imidazole rings is 1. The highest BCUT2D eigenvalue weighted by Gasteiger charge is 2.23. The summed E-state index contributed by atoms with van der Waals surface area (Å²) in [6.07, 6.45) is 6.42. The lowest BCUT2D eigenvalue weighted by Crippen LogP contribution is -2.33. The third-order valence-corrected chi connectivity index (χ3v) is 5.38. The Bertz CT molecular complexity index is 821. The molecule has 0 atom stereocenters. The van der Waals surface area contributed by atoms with Gasteiger partial charge in [0.2, 0.25) is 0 Å². The fraction of sp³-hybridized carbons (Fsp3) is 0.389. The third-order valence-electron chi connectivity index (χ3n) is 4.51. The average Bonchev–Trinajstić information content (AvgIpc) is 3.20. The molecule has 1 N–H and O–H groups in total. The number of nitrogens with zero attached hydrogens (tertiary/aromatic N) is 4. The fourth-order valence-electron chi connectivity index (χ4n) is 3.34. The van der Waals surface area contributed by atoms with Gasteiger partial charge in [-0.3, -0.25) is 19.1 Å².